The van der Waals surface area contributed by atoms with Gasteiger partial charge in [-0.2, -0.15) is 13.2 Å². The van der Waals surface area contributed by atoms with Gasteiger partial charge in [0.2, 0.25) is 0 Å². The molecule has 2 aliphatic rings. The van der Waals surface area contributed by atoms with Crippen molar-refractivity contribution in [2.75, 3.05) is 5.32 Å². The summed E-state index contributed by atoms with van der Waals surface area (Å²) in [6, 6.07) is 2.15. The molecular weight excluding hydrogens is 421 g/mol. The van der Waals surface area contributed by atoms with Crippen LogP contribution in [0.25, 0.3) is 0 Å². The fraction of sp³-hybridized carbons (Fsp3) is 0.333. The Balaban J connectivity index is 1.65. The summed E-state index contributed by atoms with van der Waals surface area (Å²) in [5.74, 6) is -0.754. The molecule has 0 spiro atoms. The second kappa shape index (κ2) is 6.77. The maximum atomic E-state index is 14.1. The molecule has 0 radical (unpaired) electrons. The molecule has 0 saturated carbocycles. The molecular formula is C18H13Cl2F4N3O. The van der Waals surface area contributed by atoms with E-state index < -0.39 is 35.8 Å². The van der Waals surface area contributed by atoms with E-state index in [9.17, 15) is 22.4 Å². The highest BCUT2D eigenvalue weighted by Crippen LogP contribution is 2.46. The van der Waals surface area contributed by atoms with Crippen molar-refractivity contribution in [1.82, 2.24) is 9.88 Å². The van der Waals surface area contributed by atoms with E-state index in [0.717, 1.165) is 12.3 Å². The van der Waals surface area contributed by atoms with Gasteiger partial charge in [0.15, 0.2) is 0 Å². The second-order valence-corrected chi connectivity index (χ2v) is 7.57. The number of anilines is 1. The smallest absolute Gasteiger partial charge is 0.314 e. The number of benzene rings is 1. The molecule has 2 amide bonds. The Kier molecular flexibility index (Phi) is 4.66. The number of alkyl halides is 3. The van der Waals surface area contributed by atoms with Crippen molar-refractivity contribution >= 4 is 34.9 Å². The molecule has 1 aromatic carbocycles. The second-order valence-electron chi connectivity index (χ2n) is 6.76. The molecule has 3 heterocycles. The predicted octanol–water partition coefficient (Wildman–Crippen LogP) is 5.84. The van der Waals surface area contributed by atoms with Crippen LogP contribution in [0.5, 0.6) is 0 Å². The number of urea groups is 1. The third-order valence-corrected chi connectivity index (χ3v) is 5.87. The minimum Gasteiger partial charge on any atom is -0.314 e. The van der Waals surface area contributed by atoms with Crippen LogP contribution >= 0.6 is 23.2 Å². The number of rotatable bonds is 1. The van der Waals surface area contributed by atoms with Gasteiger partial charge in [0, 0.05) is 12.2 Å². The van der Waals surface area contributed by atoms with Crippen LogP contribution in [0.4, 0.5) is 28.0 Å². The molecule has 4 rings (SSSR count). The average molecular weight is 434 g/mol. The number of carbonyl (C=O) groups is 1. The minimum atomic E-state index is -4.56. The zero-order chi connectivity index (χ0) is 20.2. The van der Waals surface area contributed by atoms with E-state index in [2.05, 4.69) is 10.3 Å². The summed E-state index contributed by atoms with van der Waals surface area (Å²) in [5, 5.41) is 2.54. The number of nitrogens with zero attached hydrogens (tertiary/aromatic N) is 2. The number of halogens is 6. The minimum absolute atomic E-state index is 0.0105. The van der Waals surface area contributed by atoms with Crippen LogP contribution in [0.1, 0.15) is 35.7 Å². The van der Waals surface area contributed by atoms with Crippen molar-refractivity contribution in [3.63, 3.8) is 0 Å². The lowest BCUT2D eigenvalue weighted by atomic mass is 9.92. The number of nitrogens with one attached hydrogen (secondary N) is 1. The quantitative estimate of drug-likeness (QED) is 0.453. The molecule has 28 heavy (non-hydrogen) atoms. The summed E-state index contributed by atoms with van der Waals surface area (Å²) in [7, 11) is 0. The Morgan fingerprint density at radius 3 is 2.64 bits per heavy atom. The molecule has 2 atom stereocenters. The Bertz CT molecular complexity index is 967. The van der Waals surface area contributed by atoms with E-state index >= 15 is 0 Å². The van der Waals surface area contributed by atoms with Gasteiger partial charge in [0.1, 0.15) is 11.5 Å². The van der Waals surface area contributed by atoms with Crippen molar-refractivity contribution < 1.29 is 22.4 Å². The van der Waals surface area contributed by atoms with Crippen molar-refractivity contribution in [2.24, 2.45) is 0 Å². The molecule has 2 bridgehead atoms. The standard InChI is InChI=1S/C18H13Cl2F4N3O/c19-11-6-13(21)14(7-12(11)20)26-17(28)27-8-1-2-15(27)9-3-4-25-16(10(9)5-8)18(22,23)24/h3-4,6-8,15H,1-2,5H2,(H,26,28). The third-order valence-electron chi connectivity index (χ3n) is 5.15. The van der Waals surface area contributed by atoms with E-state index in [1.165, 1.54) is 17.0 Å². The highest BCUT2D eigenvalue weighted by Gasteiger charge is 2.47. The molecule has 2 aromatic rings. The zero-order valence-corrected chi connectivity index (χ0v) is 15.7. The van der Waals surface area contributed by atoms with Crippen molar-refractivity contribution in [2.45, 2.75) is 37.5 Å². The van der Waals surface area contributed by atoms with E-state index in [1.54, 1.807) is 0 Å². The molecule has 4 nitrogen and oxygen atoms in total. The number of hydrogen-bond acceptors (Lipinski definition) is 2. The first-order chi connectivity index (χ1) is 13.2. The van der Waals surface area contributed by atoms with Gasteiger partial charge in [0.05, 0.1) is 21.8 Å². The Morgan fingerprint density at radius 1 is 1.21 bits per heavy atom. The average Bonchev–Trinajstić information content (AvgIpc) is 2.93. The van der Waals surface area contributed by atoms with Crippen molar-refractivity contribution in [1.29, 1.82) is 0 Å². The molecule has 10 heteroatoms. The molecule has 1 aromatic heterocycles. The normalized spacial score (nSPS) is 20.9. The lowest BCUT2D eigenvalue weighted by Crippen LogP contribution is -2.45. The Labute approximate surface area is 167 Å². The molecule has 1 fully saturated rings. The van der Waals surface area contributed by atoms with Gasteiger partial charge in [-0.3, -0.25) is 4.98 Å². The SMILES string of the molecule is O=C(Nc1cc(Cl)c(Cl)cc1F)N1C2CCC1c1ccnc(C(F)(F)F)c1C2. The van der Waals surface area contributed by atoms with Crippen LogP contribution < -0.4 is 5.32 Å². The fourth-order valence-corrected chi connectivity index (χ4v) is 4.32. The summed E-state index contributed by atoms with van der Waals surface area (Å²) < 4.78 is 53.9. The molecule has 148 valence electrons. The van der Waals surface area contributed by atoms with E-state index in [4.69, 9.17) is 23.2 Å². The fourth-order valence-electron chi connectivity index (χ4n) is 4.01. The predicted molar refractivity (Wildman–Crippen MR) is 96.0 cm³/mol. The van der Waals surface area contributed by atoms with E-state index in [-0.39, 0.29) is 27.7 Å². The first-order valence-electron chi connectivity index (χ1n) is 8.45. The summed E-state index contributed by atoms with van der Waals surface area (Å²) in [6.45, 7) is 0. The van der Waals surface area contributed by atoms with Gasteiger partial charge in [-0.15, -0.1) is 0 Å². The van der Waals surface area contributed by atoms with Crippen LogP contribution in [-0.4, -0.2) is 22.0 Å². The molecule has 1 saturated heterocycles. The van der Waals surface area contributed by atoms with Crippen LogP contribution in [0.15, 0.2) is 24.4 Å². The number of amides is 2. The monoisotopic (exact) mass is 433 g/mol. The van der Waals surface area contributed by atoms with Crippen molar-refractivity contribution in [3.8, 4) is 0 Å². The molecule has 0 aliphatic carbocycles. The topological polar surface area (TPSA) is 45.2 Å². The highest BCUT2D eigenvalue weighted by molar-refractivity contribution is 6.42. The maximum absolute atomic E-state index is 14.1. The van der Waals surface area contributed by atoms with Crippen molar-refractivity contribution in [3.05, 3.63) is 57.1 Å². The first kappa shape index (κ1) is 19.3. The lowest BCUT2D eigenvalue weighted by molar-refractivity contribution is -0.142. The largest absolute Gasteiger partial charge is 0.433 e. The zero-order valence-electron chi connectivity index (χ0n) is 14.2. The van der Waals surface area contributed by atoms with Gasteiger partial charge in [-0.25, -0.2) is 9.18 Å². The summed E-state index contributed by atoms with van der Waals surface area (Å²) in [5.41, 5.74) is -0.485. The summed E-state index contributed by atoms with van der Waals surface area (Å²) in [4.78, 5) is 17.8. The van der Waals surface area contributed by atoms with Crippen LogP contribution in [0, 0.1) is 5.82 Å². The molecule has 2 unspecified atom stereocenters. The lowest BCUT2D eigenvalue weighted by Gasteiger charge is -2.37. The third kappa shape index (κ3) is 3.18. The molecule has 1 N–H and O–H groups in total. The Hall–Kier alpha value is -2.06. The van der Waals surface area contributed by atoms with Crippen LogP contribution in [0.3, 0.4) is 0 Å². The van der Waals surface area contributed by atoms with Gasteiger partial charge in [-0.05, 0) is 48.6 Å². The van der Waals surface area contributed by atoms with Gasteiger partial charge < -0.3 is 10.2 Å². The first-order valence-corrected chi connectivity index (χ1v) is 9.21. The van der Waals surface area contributed by atoms with Gasteiger partial charge in [0.25, 0.3) is 0 Å². The van der Waals surface area contributed by atoms with E-state index in [1.807, 2.05) is 0 Å². The highest BCUT2D eigenvalue weighted by atomic mass is 35.5. The van der Waals surface area contributed by atoms with E-state index in [0.29, 0.717) is 18.4 Å². The molecule has 2 aliphatic heterocycles. The van der Waals surface area contributed by atoms with Gasteiger partial charge in [-0.1, -0.05) is 23.2 Å². The number of fused-ring (bicyclic) bond motifs is 4. The summed E-state index contributed by atoms with van der Waals surface area (Å²) in [6.07, 6.45) is -2.33. The Morgan fingerprint density at radius 2 is 1.93 bits per heavy atom. The maximum Gasteiger partial charge on any atom is 0.433 e. The van der Waals surface area contributed by atoms with Gasteiger partial charge >= 0.3 is 12.2 Å². The summed E-state index contributed by atoms with van der Waals surface area (Å²) >= 11 is 11.6. The van der Waals surface area contributed by atoms with Crippen LogP contribution in [-0.2, 0) is 12.6 Å². The number of aromatic nitrogens is 1. The number of carbonyl (C=O) groups excluding carboxylic acids is 1. The number of hydrogen-bond donors (Lipinski definition) is 1. The van der Waals surface area contributed by atoms with Crippen LogP contribution in [0.2, 0.25) is 10.0 Å². The number of pyridine rings is 1.